The fourth-order valence-electron chi connectivity index (χ4n) is 2.32. The van der Waals surface area contributed by atoms with Crippen molar-refractivity contribution in [3.8, 4) is 0 Å². The van der Waals surface area contributed by atoms with E-state index in [4.69, 9.17) is 0 Å². The van der Waals surface area contributed by atoms with E-state index in [1.54, 1.807) is 0 Å². The van der Waals surface area contributed by atoms with Gasteiger partial charge in [-0.3, -0.25) is 0 Å². The summed E-state index contributed by atoms with van der Waals surface area (Å²) >= 11 is 0. The van der Waals surface area contributed by atoms with Gasteiger partial charge in [-0.1, -0.05) is 30.3 Å². The third kappa shape index (κ3) is 4.85. The number of benzene rings is 3. The maximum Gasteiger partial charge on any atom is 0.133 e. The monoisotopic (exact) mass is 396 g/mol. The molecule has 0 atom stereocenters. The van der Waals surface area contributed by atoms with Crippen molar-refractivity contribution in [2.45, 2.75) is 9.79 Å². The zero-order valence-corrected chi connectivity index (χ0v) is 15.1. The van der Waals surface area contributed by atoms with Crippen LogP contribution in [0.5, 0.6) is 0 Å². The first-order valence-electron chi connectivity index (χ1n) is 7.17. The van der Waals surface area contributed by atoms with Crippen LogP contribution in [0.2, 0.25) is 0 Å². The lowest BCUT2D eigenvalue weighted by molar-refractivity contribution is -0.265. The zero-order valence-electron chi connectivity index (χ0n) is 13.5. The molecule has 0 saturated carbocycles. The molecule has 0 aliphatic carbocycles. The number of hydrogen-bond donors (Lipinski definition) is 2. The lowest BCUT2D eigenvalue weighted by atomic mass is 10.1. The molecular formula is C16H16N2O6S2. The van der Waals surface area contributed by atoms with Gasteiger partial charge < -0.3 is 20.6 Å². The summed E-state index contributed by atoms with van der Waals surface area (Å²) in [6, 6.07) is 14.9. The molecule has 0 heterocycles. The molecule has 26 heavy (non-hydrogen) atoms. The maximum atomic E-state index is 11.0. The highest BCUT2D eigenvalue weighted by Crippen LogP contribution is 2.27. The number of hydrogen-bond acceptors (Lipinski definition) is 6. The minimum Gasteiger partial charge on any atom is -0.744 e. The molecule has 0 aliphatic heterocycles. The molecular weight excluding hydrogens is 380 g/mol. The molecule has 0 radical (unpaired) electrons. The molecule has 0 aliphatic rings. The van der Waals surface area contributed by atoms with Gasteiger partial charge in [-0.25, -0.2) is 16.8 Å². The largest absolute Gasteiger partial charge is 0.744 e. The van der Waals surface area contributed by atoms with Gasteiger partial charge in [0.25, 0.3) is 0 Å². The molecule has 138 valence electrons. The van der Waals surface area contributed by atoms with Crippen molar-refractivity contribution in [1.82, 2.24) is 0 Å². The predicted molar refractivity (Wildman–Crippen MR) is 91.4 cm³/mol. The summed E-state index contributed by atoms with van der Waals surface area (Å²) in [4.78, 5) is -1.10. The average molecular weight is 396 g/mol. The van der Waals surface area contributed by atoms with Crippen LogP contribution in [-0.4, -0.2) is 25.9 Å². The lowest BCUT2D eigenvalue weighted by Gasteiger charge is -2.14. The Morgan fingerprint density at radius 2 is 0.962 bits per heavy atom. The Hall–Kier alpha value is -2.34. The average Bonchev–Trinajstić information content (AvgIpc) is 2.52. The standard InChI is InChI=1S/C10H8O6S2.C6H8N2/c11-17(12,13)9-5-1-3-7-8(9)4-2-6-10(7)18(14,15)16;7-5-2-1-3-6(8)4-5/h1-6H,(H,11,12,13)(H,14,15,16);1-4H,7-8H2. The molecule has 0 fully saturated rings. The lowest BCUT2D eigenvalue weighted by Crippen LogP contribution is -2.43. The van der Waals surface area contributed by atoms with Gasteiger partial charge in [0, 0.05) is 10.8 Å². The fourth-order valence-corrected chi connectivity index (χ4v) is 3.70. The second-order valence-corrected chi connectivity index (χ2v) is 8.03. The summed E-state index contributed by atoms with van der Waals surface area (Å²) in [7, 11) is -9.48. The minimum absolute atomic E-state index is 0.0792. The summed E-state index contributed by atoms with van der Waals surface area (Å²) < 4.78 is 66.1. The Balaban J connectivity index is 0.000000254. The fraction of sp³-hybridized carbons (Fsp3) is 0. The van der Waals surface area contributed by atoms with E-state index < -0.39 is 30.0 Å². The van der Waals surface area contributed by atoms with Crippen LogP contribution in [0, 0.1) is 0 Å². The van der Waals surface area contributed by atoms with Crippen molar-refractivity contribution >= 4 is 42.4 Å². The van der Waals surface area contributed by atoms with Crippen molar-refractivity contribution in [1.29, 1.82) is 0 Å². The van der Waals surface area contributed by atoms with Crippen molar-refractivity contribution in [2.24, 2.45) is 0 Å². The third-order valence-electron chi connectivity index (χ3n) is 3.37. The van der Waals surface area contributed by atoms with Crippen LogP contribution in [0.4, 0.5) is 11.4 Å². The molecule has 3 rings (SSSR count). The van der Waals surface area contributed by atoms with E-state index in [2.05, 4.69) is 11.5 Å². The van der Waals surface area contributed by atoms with Gasteiger partial charge in [0.2, 0.25) is 0 Å². The Morgan fingerprint density at radius 1 is 0.615 bits per heavy atom. The highest BCUT2D eigenvalue weighted by molar-refractivity contribution is 7.86. The third-order valence-corrected chi connectivity index (χ3v) is 5.16. The molecule has 0 spiro atoms. The van der Waals surface area contributed by atoms with E-state index in [-0.39, 0.29) is 10.8 Å². The molecule has 0 saturated heterocycles. The Kier molecular flexibility index (Phi) is 5.76. The van der Waals surface area contributed by atoms with Crippen LogP contribution in [-0.2, 0) is 20.2 Å². The summed E-state index contributed by atoms with van der Waals surface area (Å²) in [5, 5.41) is -0.158. The predicted octanol–water partition coefficient (Wildman–Crippen LogP) is 0.0814. The van der Waals surface area contributed by atoms with Crippen LogP contribution in [0.25, 0.3) is 10.8 Å². The van der Waals surface area contributed by atoms with E-state index in [0.29, 0.717) is 0 Å². The molecule has 8 nitrogen and oxygen atoms in total. The smallest absolute Gasteiger partial charge is 0.133 e. The van der Waals surface area contributed by atoms with Crippen LogP contribution >= 0.6 is 0 Å². The van der Waals surface area contributed by atoms with E-state index in [9.17, 15) is 25.9 Å². The van der Waals surface area contributed by atoms with Gasteiger partial charge in [0.05, 0.1) is 15.9 Å². The number of fused-ring (bicyclic) bond motifs is 1. The molecule has 6 N–H and O–H groups in total. The van der Waals surface area contributed by atoms with E-state index in [1.165, 1.54) is 24.3 Å². The van der Waals surface area contributed by atoms with Gasteiger partial charge in [-0.05, 0) is 24.3 Å². The Morgan fingerprint density at radius 3 is 1.23 bits per heavy atom. The summed E-state index contributed by atoms with van der Waals surface area (Å²) in [5.74, 6) is 0. The van der Waals surface area contributed by atoms with Crippen LogP contribution in [0.3, 0.4) is 0 Å². The summed E-state index contributed by atoms with van der Waals surface area (Å²) in [6.45, 7) is 0. The topological polar surface area (TPSA) is 170 Å². The molecule has 0 bridgehead atoms. The van der Waals surface area contributed by atoms with Crippen molar-refractivity contribution in [3.05, 3.63) is 60.7 Å². The highest BCUT2D eigenvalue weighted by Gasteiger charge is 2.12. The molecule has 0 amide bonds. The molecule has 10 heteroatoms. The SMILES string of the molecule is O=S(=O)([O-])c1cccc2c(S(=O)(=O)[O-])cccc12.[NH3+]c1cccc([NH3+])c1. The normalized spacial score (nSPS) is 11.7. The van der Waals surface area contributed by atoms with Gasteiger partial charge >= 0.3 is 0 Å². The van der Waals surface area contributed by atoms with Crippen molar-refractivity contribution in [3.63, 3.8) is 0 Å². The Labute approximate surface area is 150 Å². The molecule has 0 aromatic heterocycles. The van der Waals surface area contributed by atoms with Gasteiger partial charge in [0.15, 0.2) is 0 Å². The van der Waals surface area contributed by atoms with E-state index >= 15 is 0 Å². The minimum atomic E-state index is -4.74. The quantitative estimate of drug-likeness (QED) is 0.581. The molecule has 0 unspecified atom stereocenters. The second-order valence-electron chi connectivity index (χ2n) is 5.34. The first-order chi connectivity index (χ1) is 12.0. The van der Waals surface area contributed by atoms with Crippen LogP contribution in [0.15, 0.2) is 70.5 Å². The first-order valence-corrected chi connectivity index (χ1v) is 9.99. The molecule has 3 aromatic rings. The summed E-state index contributed by atoms with van der Waals surface area (Å²) in [6.07, 6.45) is 0. The van der Waals surface area contributed by atoms with E-state index in [0.717, 1.165) is 23.5 Å². The summed E-state index contributed by atoms with van der Waals surface area (Å²) in [5.41, 5.74) is 9.53. The first kappa shape index (κ1) is 20.0. The zero-order chi connectivity index (χ0) is 19.5. The second kappa shape index (κ2) is 7.50. The maximum absolute atomic E-state index is 11.0. The van der Waals surface area contributed by atoms with Crippen molar-refractivity contribution < 1.29 is 37.4 Å². The number of rotatable bonds is 2. The molecule has 3 aromatic carbocycles. The van der Waals surface area contributed by atoms with Gasteiger partial charge in [-0.15, -0.1) is 0 Å². The van der Waals surface area contributed by atoms with Gasteiger partial charge in [-0.2, -0.15) is 0 Å². The van der Waals surface area contributed by atoms with Crippen LogP contribution < -0.4 is 11.5 Å². The van der Waals surface area contributed by atoms with Crippen LogP contribution in [0.1, 0.15) is 0 Å². The highest BCUT2D eigenvalue weighted by atomic mass is 32.2. The number of quaternary nitrogens is 2. The Bertz CT molecular complexity index is 1070. The van der Waals surface area contributed by atoms with E-state index in [1.807, 2.05) is 24.3 Å². The van der Waals surface area contributed by atoms with Crippen molar-refractivity contribution in [2.75, 3.05) is 0 Å². The van der Waals surface area contributed by atoms with Gasteiger partial charge in [0.1, 0.15) is 31.6 Å².